The second-order valence-corrected chi connectivity index (χ2v) is 7.07. The van der Waals surface area contributed by atoms with Gasteiger partial charge < -0.3 is 5.32 Å². The van der Waals surface area contributed by atoms with Crippen LogP contribution in [0.3, 0.4) is 0 Å². The minimum atomic E-state index is -0.154. The number of carbonyl (C=O) groups is 1. The molecule has 6 heteroatoms. The summed E-state index contributed by atoms with van der Waals surface area (Å²) in [7, 11) is 0. The van der Waals surface area contributed by atoms with Crippen molar-refractivity contribution in [2.45, 2.75) is 52.5 Å². The average molecular weight is 363 g/mol. The molecule has 1 aliphatic rings. The first kappa shape index (κ1) is 17.5. The number of nitrogens with zero attached hydrogens (tertiary/aromatic N) is 4. The largest absolute Gasteiger partial charge is 0.305 e. The molecule has 0 atom stereocenters. The Labute approximate surface area is 159 Å². The van der Waals surface area contributed by atoms with Crippen LogP contribution in [0.15, 0.2) is 36.5 Å². The van der Waals surface area contributed by atoms with E-state index in [1.807, 2.05) is 27.6 Å². The van der Waals surface area contributed by atoms with Crippen molar-refractivity contribution >= 4 is 11.7 Å². The molecule has 1 aromatic carbocycles. The predicted octanol–water partition coefficient (Wildman–Crippen LogP) is 3.92. The maximum absolute atomic E-state index is 13.0. The quantitative estimate of drug-likeness (QED) is 0.722. The number of fused-ring (bicyclic) bond motifs is 1. The molecule has 1 N–H and O–H groups in total. The summed E-state index contributed by atoms with van der Waals surface area (Å²) in [6, 6.07) is 10.0. The molecule has 0 radical (unpaired) electrons. The number of amides is 1. The molecule has 140 valence electrons. The molecule has 4 rings (SSSR count). The number of benzene rings is 1. The standard InChI is InChI=1S/C21H25N5O/c1-3-4-14-25-19(12-13-22-25)23-21(27)20-16-9-7-11-18(16)26(24-20)17-10-6-5-8-15(17)2/h5-6,8,10,12-13H,3-4,7,9,11,14H2,1-2H3,(H,23,27). The molecule has 0 aliphatic heterocycles. The number of carbonyl (C=O) groups excluding carboxylic acids is 1. The Bertz CT molecular complexity index is 969. The number of hydrogen-bond donors (Lipinski definition) is 1. The summed E-state index contributed by atoms with van der Waals surface area (Å²) in [5.74, 6) is 0.573. The first-order valence-electron chi connectivity index (χ1n) is 9.69. The first-order chi connectivity index (χ1) is 13.2. The summed E-state index contributed by atoms with van der Waals surface area (Å²) >= 11 is 0. The van der Waals surface area contributed by atoms with Gasteiger partial charge in [0, 0.05) is 23.9 Å². The fourth-order valence-corrected chi connectivity index (χ4v) is 3.72. The Kier molecular flexibility index (Phi) is 4.79. The van der Waals surface area contributed by atoms with E-state index in [0.29, 0.717) is 5.69 Å². The van der Waals surface area contributed by atoms with Crippen LogP contribution in [0.5, 0.6) is 0 Å². The highest BCUT2D eigenvalue weighted by atomic mass is 16.2. The van der Waals surface area contributed by atoms with Crippen LogP contribution < -0.4 is 5.32 Å². The van der Waals surface area contributed by atoms with Crippen molar-refractivity contribution in [2.24, 2.45) is 0 Å². The zero-order valence-corrected chi connectivity index (χ0v) is 15.9. The van der Waals surface area contributed by atoms with Crippen LogP contribution in [0.1, 0.15) is 53.5 Å². The van der Waals surface area contributed by atoms with E-state index in [2.05, 4.69) is 36.4 Å². The number of para-hydroxylation sites is 1. The average Bonchev–Trinajstić information content (AvgIpc) is 3.37. The molecule has 0 saturated carbocycles. The number of anilines is 1. The van der Waals surface area contributed by atoms with Gasteiger partial charge in [-0.3, -0.25) is 4.79 Å². The number of nitrogens with one attached hydrogen (secondary N) is 1. The minimum absolute atomic E-state index is 0.154. The lowest BCUT2D eigenvalue weighted by Crippen LogP contribution is -2.18. The Balaban J connectivity index is 1.65. The summed E-state index contributed by atoms with van der Waals surface area (Å²) in [6.45, 7) is 5.02. The fourth-order valence-electron chi connectivity index (χ4n) is 3.72. The van der Waals surface area contributed by atoms with E-state index < -0.39 is 0 Å². The van der Waals surface area contributed by atoms with E-state index in [4.69, 9.17) is 5.10 Å². The lowest BCUT2D eigenvalue weighted by molar-refractivity contribution is 0.102. The van der Waals surface area contributed by atoms with Crippen LogP contribution in [0.4, 0.5) is 5.82 Å². The van der Waals surface area contributed by atoms with Gasteiger partial charge in [0.2, 0.25) is 0 Å². The van der Waals surface area contributed by atoms with E-state index in [-0.39, 0.29) is 5.91 Å². The van der Waals surface area contributed by atoms with Gasteiger partial charge >= 0.3 is 0 Å². The van der Waals surface area contributed by atoms with Gasteiger partial charge in [0.1, 0.15) is 5.82 Å². The Morgan fingerprint density at radius 2 is 2.07 bits per heavy atom. The zero-order chi connectivity index (χ0) is 18.8. The summed E-state index contributed by atoms with van der Waals surface area (Å²) < 4.78 is 3.81. The Hall–Kier alpha value is -2.89. The highest BCUT2D eigenvalue weighted by Crippen LogP contribution is 2.29. The van der Waals surface area contributed by atoms with Crippen molar-refractivity contribution in [3.05, 3.63) is 59.0 Å². The fraction of sp³-hybridized carbons (Fsp3) is 0.381. The van der Waals surface area contributed by atoms with Crippen molar-refractivity contribution < 1.29 is 4.79 Å². The molecule has 3 aromatic rings. The van der Waals surface area contributed by atoms with E-state index >= 15 is 0 Å². The molecular weight excluding hydrogens is 338 g/mol. The van der Waals surface area contributed by atoms with Gasteiger partial charge in [0.05, 0.1) is 11.9 Å². The van der Waals surface area contributed by atoms with Crippen molar-refractivity contribution in [3.63, 3.8) is 0 Å². The number of hydrogen-bond acceptors (Lipinski definition) is 3. The molecule has 2 heterocycles. The van der Waals surface area contributed by atoms with Crippen molar-refractivity contribution in [1.29, 1.82) is 0 Å². The smallest absolute Gasteiger partial charge is 0.277 e. The van der Waals surface area contributed by atoms with Gasteiger partial charge in [0.15, 0.2) is 5.69 Å². The first-order valence-corrected chi connectivity index (χ1v) is 9.69. The van der Waals surface area contributed by atoms with Gasteiger partial charge in [0.25, 0.3) is 5.91 Å². The molecule has 0 fully saturated rings. The van der Waals surface area contributed by atoms with Crippen LogP contribution in [-0.4, -0.2) is 25.5 Å². The third-order valence-corrected chi connectivity index (χ3v) is 5.17. The highest BCUT2D eigenvalue weighted by molar-refractivity contribution is 6.03. The second-order valence-electron chi connectivity index (χ2n) is 7.07. The molecule has 0 unspecified atom stereocenters. The normalized spacial score (nSPS) is 13.0. The SMILES string of the molecule is CCCCn1nccc1NC(=O)c1nn(-c2ccccc2C)c2c1CCC2. The molecule has 1 amide bonds. The third kappa shape index (κ3) is 3.27. The van der Waals surface area contributed by atoms with Gasteiger partial charge in [-0.05, 0) is 44.2 Å². The third-order valence-electron chi connectivity index (χ3n) is 5.17. The molecule has 0 saturated heterocycles. The maximum atomic E-state index is 13.0. The van der Waals surface area contributed by atoms with Gasteiger partial charge in [-0.25, -0.2) is 9.36 Å². The molecule has 27 heavy (non-hydrogen) atoms. The van der Waals surface area contributed by atoms with Crippen LogP contribution >= 0.6 is 0 Å². The molecular formula is C21H25N5O. The van der Waals surface area contributed by atoms with E-state index in [1.165, 1.54) is 0 Å². The zero-order valence-electron chi connectivity index (χ0n) is 15.9. The molecule has 0 spiro atoms. The summed E-state index contributed by atoms with van der Waals surface area (Å²) in [5, 5.41) is 12.0. The number of unbranched alkanes of at least 4 members (excludes halogenated alkanes) is 1. The lowest BCUT2D eigenvalue weighted by atomic mass is 10.2. The monoisotopic (exact) mass is 363 g/mol. The van der Waals surface area contributed by atoms with E-state index in [1.54, 1.807) is 6.20 Å². The van der Waals surface area contributed by atoms with E-state index in [9.17, 15) is 4.79 Å². The van der Waals surface area contributed by atoms with Crippen LogP contribution in [-0.2, 0) is 19.4 Å². The maximum Gasteiger partial charge on any atom is 0.277 e. The van der Waals surface area contributed by atoms with Crippen molar-refractivity contribution in [3.8, 4) is 5.69 Å². The highest BCUT2D eigenvalue weighted by Gasteiger charge is 2.27. The minimum Gasteiger partial charge on any atom is -0.305 e. The van der Waals surface area contributed by atoms with E-state index in [0.717, 1.165) is 67.0 Å². The number of aromatic nitrogens is 4. The number of aryl methyl sites for hydroxylation is 2. The molecule has 2 aromatic heterocycles. The summed E-state index contributed by atoms with van der Waals surface area (Å²) in [5.41, 5.74) is 4.97. The van der Waals surface area contributed by atoms with Crippen molar-refractivity contribution in [2.75, 3.05) is 5.32 Å². The van der Waals surface area contributed by atoms with Crippen LogP contribution in [0.25, 0.3) is 5.69 Å². The Morgan fingerprint density at radius 3 is 2.89 bits per heavy atom. The molecule has 6 nitrogen and oxygen atoms in total. The predicted molar refractivity (Wildman–Crippen MR) is 105 cm³/mol. The summed E-state index contributed by atoms with van der Waals surface area (Å²) in [6.07, 6.45) is 6.76. The molecule has 1 aliphatic carbocycles. The van der Waals surface area contributed by atoms with Crippen LogP contribution in [0, 0.1) is 6.92 Å². The van der Waals surface area contributed by atoms with Gasteiger partial charge in [-0.1, -0.05) is 31.5 Å². The molecule has 0 bridgehead atoms. The summed E-state index contributed by atoms with van der Waals surface area (Å²) in [4.78, 5) is 13.0. The van der Waals surface area contributed by atoms with Gasteiger partial charge in [-0.15, -0.1) is 0 Å². The van der Waals surface area contributed by atoms with Crippen molar-refractivity contribution in [1.82, 2.24) is 19.6 Å². The van der Waals surface area contributed by atoms with Gasteiger partial charge in [-0.2, -0.15) is 10.2 Å². The topological polar surface area (TPSA) is 64.7 Å². The lowest BCUT2D eigenvalue weighted by Gasteiger charge is -2.09. The van der Waals surface area contributed by atoms with Crippen LogP contribution in [0.2, 0.25) is 0 Å². The second kappa shape index (κ2) is 7.39. The number of rotatable bonds is 6. The Morgan fingerprint density at radius 1 is 1.22 bits per heavy atom.